The Labute approximate surface area is 92.2 Å². The van der Waals surface area contributed by atoms with Crippen LogP contribution in [0.15, 0.2) is 30.3 Å². The molecule has 0 aliphatic carbocycles. The fourth-order valence-electron chi connectivity index (χ4n) is 0.931. The molecule has 0 amide bonds. The third-order valence-electron chi connectivity index (χ3n) is 1.61. The molecule has 1 aromatic rings. The van der Waals surface area contributed by atoms with Crippen molar-refractivity contribution in [1.82, 2.24) is 6.15 Å². The third-order valence-corrected chi connectivity index (χ3v) is 2.68. The Morgan fingerprint density at radius 2 is 1.71 bits per heavy atom. The summed E-state index contributed by atoms with van der Waals surface area (Å²) in [4.78, 5) is 10.5. The van der Waals surface area contributed by atoms with Gasteiger partial charge in [0.05, 0.1) is 5.38 Å². The van der Waals surface area contributed by atoms with Crippen LogP contribution in [-0.2, 0) is 4.79 Å². The minimum absolute atomic E-state index is 0. The highest BCUT2D eigenvalue weighted by Crippen LogP contribution is 2.27. The standard InChI is InChI=1S/C9H8Cl2O2.H3N/c10-7(8(11)9(12)13)6-4-2-1-3-5-6;/h1-5,7-8H,(H,12,13);1H3. The van der Waals surface area contributed by atoms with Crippen molar-refractivity contribution < 1.29 is 9.90 Å². The molecular formula is C9H11Cl2NO2. The van der Waals surface area contributed by atoms with Gasteiger partial charge in [-0.3, -0.25) is 4.79 Å². The van der Waals surface area contributed by atoms with Crippen molar-refractivity contribution in [2.24, 2.45) is 0 Å². The molecule has 1 rings (SSSR count). The molecule has 14 heavy (non-hydrogen) atoms. The molecule has 5 heteroatoms. The summed E-state index contributed by atoms with van der Waals surface area (Å²) in [6.45, 7) is 0. The zero-order valence-corrected chi connectivity index (χ0v) is 8.87. The van der Waals surface area contributed by atoms with Gasteiger partial charge in [-0.1, -0.05) is 30.3 Å². The Kier molecular flexibility index (Phi) is 5.53. The van der Waals surface area contributed by atoms with Gasteiger partial charge in [-0.2, -0.15) is 0 Å². The van der Waals surface area contributed by atoms with Gasteiger partial charge >= 0.3 is 5.97 Å². The molecule has 4 N–H and O–H groups in total. The lowest BCUT2D eigenvalue weighted by Gasteiger charge is -2.11. The Balaban J connectivity index is 0.00000169. The van der Waals surface area contributed by atoms with Crippen molar-refractivity contribution in [3.63, 3.8) is 0 Å². The summed E-state index contributed by atoms with van der Waals surface area (Å²) in [5.41, 5.74) is 0.714. The zero-order valence-electron chi connectivity index (χ0n) is 7.36. The van der Waals surface area contributed by atoms with Gasteiger partial charge in [-0.05, 0) is 5.56 Å². The first-order valence-electron chi connectivity index (χ1n) is 3.69. The van der Waals surface area contributed by atoms with Crippen molar-refractivity contribution in [2.45, 2.75) is 10.8 Å². The van der Waals surface area contributed by atoms with Crippen LogP contribution in [0.4, 0.5) is 0 Å². The van der Waals surface area contributed by atoms with Crippen LogP contribution >= 0.6 is 23.2 Å². The summed E-state index contributed by atoms with van der Waals surface area (Å²) in [6, 6.07) is 8.90. The molecule has 0 saturated heterocycles. The van der Waals surface area contributed by atoms with Crippen molar-refractivity contribution in [3.8, 4) is 0 Å². The van der Waals surface area contributed by atoms with Crippen molar-refractivity contribution >= 4 is 29.2 Å². The van der Waals surface area contributed by atoms with Crippen LogP contribution in [0.2, 0.25) is 0 Å². The van der Waals surface area contributed by atoms with Gasteiger partial charge < -0.3 is 11.3 Å². The molecule has 2 unspecified atom stereocenters. The van der Waals surface area contributed by atoms with Gasteiger partial charge in [0, 0.05) is 0 Å². The first kappa shape index (κ1) is 13.2. The summed E-state index contributed by atoms with van der Waals surface area (Å²) in [6.07, 6.45) is 0. The average Bonchev–Trinajstić information content (AvgIpc) is 2.17. The fraction of sp³-hybridized carbons (Fsp3) is 0.222. The van der Waals surface area contributed by atoms with E-state index in [-0.39, 0.29) is 6.15 Å². The maximum atomic E-state index is 10.5. The molecule has 0 radical (unpaired) electrons. The molecule has 3 nitrogen and oxygen atoms in total. The molecule has 1 aromatic carbocycles. The second-order valence-electron chi connectivity index (χ2n) is 2.55. The number of aliphatic carboxylic acids is 1. The van der Waals surface area contributed by atoms with Gasteiger partial charge in [-0.25, -0.2) is 0 Å². The van der Waals surface area contributed by atoms with E-state index in [1.807, 2.05) is 6.07 Å². The van der Waals surface area contributed by atoms with E-state index in [9.17, 15) is 4.79 Å². The molecule has 0 aliphatic rings. The highest BCUT2D eigenvalue weighted by Gasteiger charge is 2.24. The van der Waals surface area contributed by atoms with Gasteiger partial charge in [-0.15, -0.1) is 23.2 Å². The van der Waals surface area contributed by atoms with Crippen LogP contribution < -0.4 is 6.15 Å². The first-order valence-corrected chi connectivity index (χ1v) is 4.56. The van der Waals surface area contributed by atoms with Crippen molar-refractivity contribution in [2.75, 3.05) is 0 Å². The number of rotatable bonds is 3. The summed E-state index contributed by atoms with van der Waals surface area (Å²) in [5.74, 6) is -1.11. The van der Waals surface area contributed by atoms with Gasteiger partial charge in [0.25, 0.3) is 0 Å². The summed E-state index contributed by atoms with van der Waals surface area (Å²) in [5, 5.41) is 6.81. The SMILES string of the molecule is N.O=C(O)C(Cl)C(Cl)c1ccccc1. The lowest BCUT2D eigenvalue weighted by molar-refractivity contribution is -0.136. The molecule has 2 atom stereocenters. The minimum atomic E-state index is -1.11. The molecule has 0 aromatic heterocycles. The Morgan fingerprint density at radius 3 is 2.14 bits per heavy atom. The highest BCUT2D eigenvalue weighted by atomic mass is 35.5. The number of benzene rings is 1. The molecule has 0 aliphatic heterocycles. The van der Waals surface area contributed by atoms with Crippen molar-refractivity contribution in [1.29, 1.82) is 0 Å². The average molecular weight is 236 g/mol. The first-order chi connectivity index (χ1) is 6.13. The second kappa shape index (κ2) is 5.86. The third kappa shape index (κ3) is 3.18. The van der Waals surface area contributed by atoms with E-state index in [1.54, 1.807) is 24.3 Å². The molecule has 0 fully saturated rings. The predicted molar refractivity (Wildman–Crippen MR) is 57.3 cm³/mol. The number of hydrogen-bond acceptors (Lipinski definition) is 2. The monoisotopic (exact) mass is 235 g/mol. The minimum Gasteiger partial charge on any atom is -0.480 e. The van der Waals surface area contributed by atoms with E-state index >= 15 is 0 Å². The van der Waals surface area contributed by atoms with Crippen LogP contribution in [0.3, 0.4) is 0 Å². The highest BCUT2D eigenvalue weighted by molar-refractivity contribution is 6.36. The largest absolute Gasteiger partial charge is 0.480 e. The number of alkyl halides is 2. The smallest absolute Gasteiger partial charge is 0.323 e. The summed E-state index contributed by atoms with van der Waals surface area (Å²) in [7, 11) is 0. The lowest BCUT2D eigenvalue weighted by Crippen LogP contribution is -2.18. The number of halogens is 2. The fourth-order valence-corrected chi connectivity index (χ4v) is 1.33. The van der Waals surface area contributed by atoms with Crippen LogP contribution in [0.1, 0.15) is 10.9 Å². The molecular weight excluding hydrogens is 225 g/mol. The van der Waals surface area contributed by atoms with Gasteiger partial charge in [0.2, 0.25) is 0 Å². The van der Waals surface area contributed by atoms with Crippen LogP contribution in [0.25, 0.3) is 0 Å². The van der Waals surface area contributed by atoms with E-state index in [1.165, 1.54) is 0 Å². The molecule has 0 heterocycles. The van der Waals surface area contributed by atoms with Crippen molar-refractivity contribution in [3.05, 3.63) is 35.9 Å². The maximum Gasteiger partial charge on any atom is 0.323 e. The summed E-state index contributed by atoms with van der Waals surface area (Å²) < 4.78 is 0. The van der Waals surface area contributed by atoms with E-state index < -0.39 is 16.7 Å². The quantitative estimate of drug-likeness (QED) is 0.792. The second-order valence-corrected chi connectivity index (χ2v) is 3.49. The number of hydrogen-bond donors (Lipinski definition) is 2. The molecule has 0 saturated carbocycles. The van der Waals surface area contributed by atoms with E-state index in [0.29, 0.717) is 5.56 Å². The van der Waals surface area contributed by atoms with Crippen LogP contribution in [0, 0.1) is 0 Å². The Hall–Kier alpha value is -0.770. The molecule has 0 spiro atoms. The number of carboxylic acids is 1. The van der Waals surface area contributed by atoms with Gasteiger partial charge in [0.1, 0.15) is 0 Å². The Morgan fingerprint density at radius 1 is 1.21 bits per heavy atom. The number of carboxylic acid groups (broad SMARTS) is 1. The van der Waals surface area contributed by atoms with Gasteiger partial charge in [0.15, 0.2) is 5.38 Å². The van der Waals surface area contributed by atoms with E-state index in [2.05, 4.69) is 0 Å². The van der Waals surface area contributed by atoms with Crippen LogP contribution in [0.5, 0.6) is 0 Å². The normalized spacial score (nSPS) is 13.9. The lowest BCUT2D eigenvalue weighted by atomic mass is 10.1. The molecule has 0 bridgehead atoms. The Bertz CT molecular complexity index is 292. The predicted octanol–water partition coefficient (Wildman–Crippen LogP) is 2.82. The van der Waals surface area contributed by atoms with E-state index in [4.69, 9.17) is 28.3 Å². The summed E-state index contributed by atoms with van der Waals surface area (Å²) >= 11 is 11.4. The molecule has 78 valence electrons. The van der Waals surface area contributed by atoms with Crippen LogP contribution in [-0.4, -0.2) is 16.5 Å². The number of carbonyl (C=O) groups is 1. The zero-order chi connectivity index (χ0) is 9.84. The van der Waals surface area contributed by atoms with E-state index in [0.717, 1.165) is 0 Å². The topological polar surface area (TPSA) is 72.3 Å². The maximum absolute atomic E-state index is 10.5.